The number of nitrogens with one attached hydrogen (secondary N) is 4. The molecule has 0 saturated heterocycles. The maximum Gasteiger partial charge on any atom is 0.328 e. The Balaban J connectivity index is 1.12. The largest absolute Gasteiger partial charge is 0.507 e. The maximum absolute atomic E-state index is 13.0. The van der Waals surface area contributed by atoms with Crippen LogP contribution in [0.25, 0.3) is 21.5 Å². The standard InChI is InChI=1S/C37H30N4O11S2/c1-19-17-21(38-27-13-15-31(53(47,48)49)33-25(27)5-3-7-29(33)42)9-11-23(19)35(44)40-37(46)41-36(45)24-12-10-22(18-20(24)2)39-28-14-16-32(54(50,51)52)34-26(28)6-4-8-30(34)43/h3-18,38-39,42-43H,1-2H3,(H,47,48,49)(H,50,51,52)(H2,40,41,44,45,46). The van der Waals surface area contributed by atoms with Crippen molar-refractivity contribution in [3.63, 3.8) is 0 Å². The van der Waals surface area contributed by atoms with Gasteiger partial charge in [0.05, 0.1) is 0 Å². The third kappa shape index (κ3) is 7.50. The fraction of sp³-hybridized carbons (Fsp3) is 0.0541. The van der Waals surface area contributed by atoms with E-state index in [4.69, 9.17) is 0 Å². The summed E-state index contributed by atoms with van der Waals surface area (Å²) in [7, 11) is -9.28. The predicted molar refractivity (Wildman–Crippen MR) is 200 cm³/mol. The second kappa shape index (κ2) is 14.1. The number of carbonyl (C=O) groups excluding carboxylic acids is 3. The van der Waals surface area contributed by atoms with Crippen LogP contribution in [-0.2, 0) is 20.2 Å². The minimum Gasteiger partial charge on any atom is -0.507 e. The lowest BCUT2D eigenvalue weighted by Gasteiger charge is -2.15. The molecule has 54 heavy (non-hydrogen) atoms. The highest BCUT2D eigenvalue weighted by atomic mass is 32.2. The van der Waals surface area contributed by atoms with E-state index < -0.39 is 47.9 Å². The number of hydrogen-bond acceptors (Lipinski definition) is 11. The molecule has 6 rings (SSSR count). The van der Waals surface area contributed by atoms with Crippen LogP contribution >= 0.6 is 0 Å². The summed E-state index contributed by atoms with van der Waals surface area (Å²) in [5, 5.41) is 31.6. The second-order valence-electron chi connectivity index (χ2n) is 12.1. The Kier molecular flexibility index (Phi) is 9.74. The first kappa shape index (κ1) is 37.2. The number of anilines is 4. The van der Waals surface area contributed by atoms with Crippen molar-refractivity contribution in [3.8, 4) is 11.5 Å². The summed E-state index contributed by atoms with van der Waals surface area (Å²) in [4.78, 5) is 37.8. The number of urea groups is 1. The SMILES string of the molecule is Cc1cc(Nc2ccc(S(=O)(=O)O)c3c(O)cccc23)ccc1C(=O)NC(=O)NC(=O)c1ccc(Nc2ccc(S(=O)(=O)O)c3c(O)cccc23)cc1C. The first-order valence-corrected chi connectivity index (χ1v) is 18.7. The lowest BCUT2D eigenvalue weighted by Crippen LogP contribution is -2.42. The number of imide groups is 2. The molecule has 0 heterocycles. The fourth-order valence-electron chi connectivity index (χ4n) is 6.03. The van der Waals surface area contributed by atoms with E-state index >= 15 is 0 Å². The number of hydrogen-bond donors (Lipinski definition) is 8. The lowest BCUT2D eigenvalue weighted by atomic mass is 10.1. The molecule has 0 saturated carbocycles. The number of fused-ring (bicyclic) bond motifs is 2. The number of benzene rings is 6. The average Bonchev–Trinajstić information content (AvgIpc) is 3.08. The molecule has 0 radical (unpaired) electrons. The highest BCUT2D eigenvalue weighted by molar-refractivity contribution is 7.86. The van der Waals surface area contributed by atoms with E-state index in [0.717, 1.165) is 12.1 Å². The van der Waals surface area contributed by atoms with Gasteiger partial charge >= 0.3 is 6.03 Å². The van der Waals surface area contributed by atoms with Crippen LogP contribution in [0.1, 0.15) is 31.8 Å². The van der Waals surface area contributed by atoms with Crippen LogP contribution < -0.4 is 21.3 Å². The van der Waals surface area contributed by atoms with Crippen molar-refractivity contribution in [1.82, 2.24) is 10.6 Å². The lowest BCUT2D eigenvalue weighted by molar-refractivity contribution is 0.0944. The molecular weight excluding hydrogens is 741 g/mol. The maximum atomic E-state index is 13.0. The first-order chi connectivity index (χ1) is 25.4. The summed E-state index contributed by atoms with van der Waals surface area (Å²) in [6.45, 7) is 3.23. The third-order valence-electron chi connectivity index (χ3n) is 8.47. The zero-order valence-corrected chi connectivity index (χ0v) is 29.8. The van der Waals surface area contributed by atoms with Crippen LogP contribution in [0.5, 0.6) is 11.5 Å². The van der Waals surface area contributed by atoms with Gasteiger partial charge < -0.3 is 20.8 Å². The van der Waals surface area contributed by atoms with Gasteiger partial charge in [-0.3, -0.25) is 29.3 Å². The summed E-state index contributed by atoms with van der Waals surface area (Å²) >= 11 is 0. The number of aromatic hydroxyl groups is 2. The van der Waals surface area contributed by atoms with Crippen molar-refractivity contribution < 1.29 is 50.5 Å². The normalized spacial score (nSPS) is 11.6. The van der Waals surface area contributed by atoms with Gasteiger partial charge in [-0.05, 0) is 97.8 Å². The van der Waals surface area contributed by atoms with Crippen LogP contribution in [0, 0.1) is 13.8 Å². The van der Waals surface area contributed by atoms with E-state index in [1.807, 2.05) is 0 Å². The molecule has 0 atom stereocenters. The van der Waals surface area contributed by atoms with Crippen LogP contribution in [0.3, 0.4) is 0 Å². The molecule has 0 spiro atoms. The van der Waals surface area contributed by atoms with Gasteiger partial charge in [-0.15, -0.1) is 0 Å². The van der Waals surface area contributed by atoms with E-state index in [1.165, 1.54) is 60.7 Å². The molecule has 0 aromatic heterocycles. The highest BCUT2D eigenvalue weighted by Crippen LogP contribution is 2.38. The summed E-state index contributed by atoms with van der Waals surface area (Å²) < 4.78 is 66.8. The fourth-order valence-corrected chi connectivity index (χ4v) is 7.46. The Labute approximate surface area is 307 Å². The molecule has 276 valence electrons. The van der Waals surface area contributed by atoms with Gasteiger partial charge in [0, 0.05) is 55.4 Å². The van der Waals surface area contributed by atoms with E-state index in [0.29, 0.717) is 44.6 Å². The monoisotopic (exact) mass is 770 g/mol. The molecular formula is C37H30N4O11S2. The third-order valence-corrected chi connectivity index (χ3v) is 10.3. The van der Waals surface area contributed by atoms with E-state index in [1.54, 1.807) is 38.1 Å². The Morgan fingerprint density at radius 1 is 0.537 bits per heavy atom. The van der Waals surface area contributed by atoms with Crippen LogP contribution in [-0.4, -0.2) is 54.0 Å². The van der Waals surface area contributed by atoms with E-state index in [9.17, 15) is 50.5 Å². The smallest absolute Gasteiger partial charge is 0.328 e. The van der Waals surface area contributed by atoms with Gasteiger partial charge in [-0.1, -0.05) is 24.3 Å². The quantitative estimate of drug-likeness (QED) is 0.0795. The van der Waals surface area contributed by atoms with Crippen molar-refractivity contribution in [2.75, 3.05) is 10.6 Å². The number of amides is 4. The van der Waals surface area contributed by atoms with Crippen molar-refractivity contribution in [2.24, 2.45) is 0 Å². The van der Waals surface area contributed by atoms with Crippen molar-refractivity contribution in [1.29, 1.82) is 0 Å². The Morgan fingerprint density at radius 3 is 1.28 bits per heavy atom. The summed E-state index contributed by atoms with van der Waals surface area (Å²) in [5.41, 5.74) is 2.84. The summed E-state index contributed by atoms with van der Waals surface area (Å²) in [6, 6.07) is 21.9. The van der Waals surface area contributed by atoms with Gasteiger partial charge in [0.25, 0.3) is 32.1 Å². The topological polar surface area (TPSA) is 249 Å². The van der Waals surface area contributed by atoms with Gasteiger partial charge in [-0.25, -0.2) is 4.79 Å². The molecule has 17 heteroatoms. The molecule has 0 bridgehead atoms. The van der Waals surface area contributed by atoms with Gasteiger partial charge in [0.2, 0.25) is 0 Å². The molecule has 6 aromatic rings. The predicted octanol–water partition coefficient (Wildman–Crippen LogP) is 6.28. The van der Waals surface area contributed by atoms with Gasteiger partial charge in [-0.2, -0.15) is 16.8 Å². The summed E-state index contributed by atoms with van der Waals surface area (Å²) in [6.07, 6.45) is 0. The molecule has 15 nitrogen and oxygen atoms in total. The van der Waals surface area contributed by atoms with Crippen LogP contribution in [0.2, 0.25) is 0 Å². The minimum absolute atomic E-state index is 0.0805. The summed E-state index contributed by atoms with van der Waals surface area (Å²) in [5.74, 6) is -2.30. The zero-order chi connectivity index (χ0) is 39.1. The zero-order valence-electron chi connectivity index (χ0n) is 28.2. The molecule has 4 amide bonds. The van der Waals surface area contributed by atoms with Crippen molar-refractivity contribution in [2.45, 2.75) is 23.6 Å². The molecule has 0 unspecified atom stereocenters. The molecule has 8 N–H and O–H groups in total. The Bertz CT molecular complexity index is 2600. The van der Waals surface area contributed by atoms with Gasteiger partial charge in [0.1, 0.15) is 21.3 Å². The van der Waals surface area contributed by atoms with E-state index in [2.05, 4.69) is 21.3 Å². The number of carbonyl (C=O) groups is 3. The first-order valence-electron chi connectivity index (χ1n) is 15.8. The molecule has 6 aromatic carbocycles. The molecule has 0 aliphatic heterocycles. The van der Waals surface area contributed by atoms with Crippen LogP contribution in [0.15, 0.2) is 107 Å². The Morgan fingerprint density at radius 2 is 0.926 bits per heavy atom. The molecule has 0 aliphatic carbocycles. The molecule has 0 fully saturated rings. The number of rotatable bonds is 8. The van der Waals surface area contributed by atoms with E-state index in [-0.39, 0.29) is 33.4 Å². The van der Waals surface area contributed by atoms with Crippen molar-refractivity contribution >= 4 is 82.4 Å². The number of phenols is 2. The Hall–Kier alpha value is -6.53. The number of aryl methyl sites for hydroxylation is 2. The minimum atomic E-state index is -4.64. The van der Waals surface area contributed by atoms with Gasteiger partial charge in [0.15, 0.2) is 0 Å². The average molecular weight is 771 g/mol. The highest BCUT2D eigenvalue weighted by Gasteiger charge is 2.22. The van der Waals surface area contributed by atoms with Crippen molar-refractivity contribution in [3.05, 3.63) is 119 Å². The molecule has 0 aliphatic rings. The number of phenolic OH excluding ortho intramolecular Hbond substituents is 2. The van der Waals surface area contributed by atoms with Crippen LogP contribution in [0.4, 0.5) is 27.5 Å². The second-order valence-corrected chi connectivity index (χ2v) is 14.9.